The number of carboxylic acids is 1. The number of amides is 1. The van der Waals surface area contributed by atoms with E-state index in [2.05, 4.69) is 10.1 Å². The van der Waals surface area contributed by atoms with Crippen LogP contribution in [0.25, 0.3) is 10.1 Å². The number of ether oxygens (including phenoxy) is 2. The molecule has 0 aliphatic heterocycles. The Morgan fingerprint density at radius 3 is 2.23 bits per heavy atom. The normalized spacial score (nSPS) is 26.4. The molecule has 10 heteroatoms. The third-order valence-electron chi connectivity index (χ3n) is 8.59. The predicted molar refractivity (Wildman–Crippen MR) is 139 cm³/mol. The fourth-order valence-corrected chi connectivity index (χ4v) is 8.30. The smallest absolute Gasteiger partial charge is 0.487 e. The minimum atomic E-state index is -4.78. The minimum absolute atomic E-state index is 0.00112. The van der Waals surface area contributed by atoms with Crippen LogP contribution in [0.1, 0.15) is 54.4 Å². The first-order chi connectivity index (χ1) is 18.6. The van der Waals surface area contributed by atoms with Gasteiger partial charge in [-0.2, -0.15) is 0 Å². The summed E-state index contributed by atoms with van der Waals surface area (Å²) in [5.41, 5.74) is 0.387. The molecule has 1 amide bonds. The molecule has 7 rings (SSSR count). The zero-order valence-electron chi connectivity index (χ0n) is 21.0. The van der Waals surface area contributed by atoms with Gasteiger partial charge < -0.3 is 19.9 Å². The fraction of sp³-hybridized carbons (Fsp3) is 0.448. The van der Waals surface area contributed by atoms with Gasteiger partial charge in [0.05, 0.1) is 5.56 Å². The SMILES string of the molecule is O=C(N[C@H](C(=O)O)C12CC3CC(CC(C3)C1)C2)c1ccc2sccc2c1OCc1ccc(OC(F)(F)F)cc1. The van der Waals surface area contributed by atoms with E-state index in [0.29, 0.717) is 34.5 Å². The Kier molecular flexibility index (Phi) is 6.48. The fourth-order valence-electron chi connectivity index (χ4n) is 7.51. The lowest BCUT2D eigenvalue weighted by molar-refractivity contribution is -0.274. The van der Waals surface area contributed by atoms with Gasteiger partial charge in [0, 0.05) is 15.5 Å². The van der Waals surface area contributed by atoms with Crippen LogP contribution >= 0.6 is 11.3 Å². The largest absolute Gasteiger partial charge is 0.573 e. The number of nitrogens with one attached hydrogen (secondary N) is 1. The summed E-state index contributed by atoms with van der Waals surface area (Å²) < 4.78 is 48.3. The molecule has 4 fully saturated rings. The molecule has 1 aromatic heterocycles. The van der Waals surface area contributed by atoms with Gasteiger partial charge in [-0.05, 0) is 97.6 Å². The molecule has 4 bridgehead atoms. The molecular formula is C29H28F3NO5S. The van der Waals surface area contributed by atoms with Crippen molar-refractivity contribution in [2.45, 2.75) is 57.5 Å². The zero-order valence-corrected chi connectivity index (χ0v) is 21.8. The second-order valence-corrected chi connectivity index (χ2v) is 12.2. The highest BCUT2D eigenvalue weighted by Crippen LogP contribution is 2.61. The molecule has 4 aliphatic rings. The lowest BCUT2D eigenvalue weighted by Crippen LogP contribution is -2.59. The quantitative estimate of drug-likeness (QED) is 0.318. The van der Waals surface area contributed by atoms with Crippen molar-refractivity contribution in [1.29, 1.82) is 0 Å². The number of hydrogen-bond acceptors (Lipinski definition) is 5. The number of thiophene rings is 1. The van der Waals surface area contributed by atoms with Crippen LogP contribution in [0.4, 0.5) is 13.2 Å². The molecule has 0 radical (unpaired) electrons. The Morgan fingerprint density at radius 2 is 1.64 bits per heavy atom. The first-order valence-electron chi connectivity index (χ1n) is 13.1. The number of rotatable bonds is 8. The first kappa shape index (κ1) is 26.0. The van der Waals surface area contributed by atoms with Crippen LogP contribution in [0.5, 0.6) is 11.5 Å². The zero-order chi connectivity index (χ0) is 27.4. The minimum Gasteiger partial charge on any atom is -0.487 e. The Morgan fingerprint density at radius 1 is 1.00 bits per heavy atom. The monoisotopic (exact) mass is 559 g/mol. The van der Waals surface area contributed by atoms with Crippen molar-refractivity contribution in [2.75, 3.05) is 0 Å². The Balaban J connectivity index is 1.24. The number of hydrogen-bond donors (Lipinski definition) is 2. The average Bonchev–Trinajstić information content (AvgIpc) is 3.34. The number of aliphatic carboxylic acids is 1. The van der Waals surface area contributed by atoms with E-state index in [1.165, 1.54) is 35.6 Å². The number of carbonyl (C=O) groups is 2. The molecule has 39 heavy (non-hydrogen) atoms. The molecule has 2 N–H and O–H groups in total. The summed E-state index contributed by atoms with van der Waals surface area (Å²) in [7, 11) is 0. The lowest BCUT2D eigenvalue weighted by Gasteiger charge is -2.58. The van der Waals surface area contributed by atoms with Crippen molar-refractivity contribution in [1.82, 2.24) is 5.32 Å². The molecule has 1 heterocycles. The molecule has 0 saturated heterocycles. The molecule has 4 aliphatic carbocycles. The number of halogens is 3. The molecule has 0 spiro atoms. The van der Waals surface area contributed by atoms with E-state index in [9.17, 15) is 27.9 Å². The van der Waals surface area contributed by atoms with Crippen LogP contribution in [-0.2, 0) is 11.4 Å². The summed E-state index contributed by atoms with van der Waals surface area (Å²) in [6.07, 6.45) is 1.20. The van der Waals surface area contributed by atoms with Gasteiger partial charge in [-0.25, -0.2) is 4.79 Å². The Bertz CT molecular complexity index is 1360. The van der Waals surface area contributed by atoms with Crippen molar-refractivity contribution in [3.8, 4) is 11.5 Å². The van der Waals surface area contributed by atoms with Gasteiger partial charge in [-0.3, -0.25) is 4.79 Å². The highest BCUT2D eigenvalue weighted by Gasteiger charge is 2.56. The molecule has 0 unspecified atom stereocenters. The maximum absolute atomic E-state index is 13.7. The van der Waals surface area contributed by atoms with Crippen molar-refractivity contribution in [2.24, 2.45) is 23.2 Å². The summed E-state index contributed by atoms with van der Waals surface area (Å²) >= 11 is 1.48. The van der Waals surface area contributed by atoms with Crippen LogP contribution in [0.3, 0.4) is 0 Å². The highest BCUT2D eigenvalue weighted by atomic mass is 32.1. The van der Waals surface area contributed by atoms with Gasteiger partial charge in [0.2, 0.25) is 0 Å². The molecule has 3 aromatic rings. The van der Waals surface area contributed by atoms with E-state index in [1.807, 2.05) is 17.5 Å². The van der Waals surface area contributed by atoms with Crippen LogP contribution in [0.15, 0.2) is 47.8 Å². The molecular weight excluding hydrogens is 531 g/mol. The topological polar surface area (TPSA) is 84.9 Å². The van der Waals surface area contributed by atoms with E-state index in [1.54, 1.807) is 6.07 Å². The van der Waals surface area contributed by atoms with Crippen LogP contribution in [0.2, 0.25) is 0 Å². The van der Waals surface area contributed by atoms with Crippen LogP contribution in [-0.4, -0.2) is 29.4 Å². The molecule has 2 aromatic carbocycles. The van der Waals surface area contributed by atoms with Gasteiger partial charge in [0.15, 0.2) is 0 Å². The summed E-state index contributed by atoms with van der Waals surface area (Å²) in [6.45, 7) is -0.00112. The first-order valence-corrected chi connectivity index (χ1v) is 14.0. The van der Waals surface area contributed by atoms with Gasteiger partial charge in [-0.1, -0.05) is 12.1 Å². The number of benzene rings is 2. The summed E-state index contributed by atoms with van der Waals surface area (Å²) in [5, 5.41) is 15.7. The maximum Gasteiger partial charge on any atom is 0.573 e. The maximum atomic E-state index is 13.7. The number of alkyl halides is 3. The number of fused-ring (bicyclic) bond motifs is 1. The Hall–Kier alpha value is -3.27. The van der Waals surface area contributed by atoms with Crippen molar-refractivity contribution < 1.29 is 37.3 Å². The summed E-state index contributed by atoms with van der Waals surface area (Å²) in [4.78, 5) is 26.2. The standard InChI is InChI=1S/C29H28F3NO5S/c30-29(31,32)38-20-3-1-16(2-4-20)15-37-24-21-7-8-39-23(21)6-5-22(24)26(34)33-25(27(35)36)28-12-17-9-18(13-28)11-19(10-17)14-28/h1-8,17-19,25H,9-15H2,(H,33,34)(H,35,36)/t17?,18?,19?,25-,28?/m1/s1. The van der Waals surface area contributed by atoms with E-state index in [4.69, 9.17) is 4.74 Å². The van der Waals surface area contributed by atoms with Gasteiger partial charge in [0.25, 0.3) is 5.91 Å². The van der Waals surface area contributed by atoms with E-state index in [0.717, 1.165) is 43.2 Å². The molecule has 6 nitrogen and oxygen atoms in total. The third-order valence-corrected chi connectivity index (χ3v) is 9.47. The van der Waals surface area contributed by atoms with Crippen LogP contribution in [0, 0.1) is 23.2 Å². The lowest BCUT2D eigenvalue weighted by atomic mass is 9.47. The van der Waals surface area contributed by atoms with Crippen LogP contribution < -0.4 is 14.8 Å². The second kappa shape index (κ2) is 9.73. The summed E-state index contributed by atoms with van der Waals surface area (Å²) in [5.74, 6) is 0.0600. The van der Waals surface area contributed by atoms with E-state index in [-0.39, 0.29) is 17.9 Å². The van der Waals surface area contributed by atoms with Gasteiger partial charge in [0.1, 0.15) is 24.1 Å². The van der Waals surface area contributed by atoms with Crippen molar-refractivity contribution >= 4 is 33.3 Å². The summed E-state index contributed by atoms with van der Waals surface area (Å²) in [6, 6.07) is 9.63. The predicted octanol–water partition coefficient (Wildman–Crippen LogP) is 6.78. The number of carboxylic acid groups (broad SMARTS) is 1. The second-order valence-electron chi connectivity index (χ2n) is 11.3. The number of carbonyl (C=O) groups excluding carboxylic acids is 1. The van der Waals surface area contributed by atoms with Gasteiger partial charge >= 0.3 is 12.3 Å². The van der Waals surface area contributed by atoms with E-state index >= 15 is 0 Å². The molecule has 4 saturated carbocycles. The molecule has 206 valence electrons. The highest BCUT2D eigenvalue weighted by molar-refractivity contribution is 7.17. The van der Waals surface area contributed by atoms with Gasteiger partial charge in [-0.15, -0.1) is 24.5 Å². The molecule has 1 atom stereocenters. The average molecular weight is 560 g/mol. The van der Waals surface area contributed by atoms with E-state index < -0.39 is 29.7 Å². The van der Waals surface area contributed by atoms with Crippen molar-refractivity contribution in [3.63, 3.8) is 0 Å². The van der Waals surface area contributed by atoms with Crippen molar-refractivity contribution in [3.05, 3.63) is 59.0 Å². The Labute approximate surface area is 227 Å². The third kappa shape index (κ3) is 5.18.